The molecule has 0 amide bonds. The van der Waals surface area contributed by atoms with E-state index in [1.54, 1.807) is 0 Å². The van der Waals surface area contributed by atoms with E-state index in [2.05, 4.69) is 19.2 Å². The molecule has 102 valence electrons. The molecule has 5 heteroatoms. The maximum atomic E-state index is 11.0. The van der Waals surface area contributed by atoms with Gasteiger partial charge in [0.25, 0.3) is 0 Å². The minimum Gasteiger partial charge on any atom is -0.493 e. The molecule has 0 aliphatic heterocycles. The molecule has 1 aromatic carbocycles. The van der Waals surface area contributed by atoms with Gasteiger partial charge in [0.2, 0.25) is 0 Å². The molecule has 1 N–H and O–H groups in total. The number of hydrogen-bond acceptors (Lipinski definition) is 4. The van der Waals surface area contributed by atoms with Gasteiger partial charge in [0, 0.05) is 18.8 Å². The Morgan fingerprint density at radius 1 is 1.33 bits per heavy atom. The Balaban J connectivity index is 2.49. The molecule has 0 aliphatic carbocycles. The average molecular weight is 271 g/mol. The SMILES string of the molecule is CC(C)NCc1cccc(OCCS(C)(=O)=O)c1. The summed E-state index contributed by atoms with van der Waals surface area (Å²) in [6.45, 7) is 5.15. The second-order valence-corrected chi connectivity index (χ2v) is 6.92. The minimum absolute atomic E-state index is 0.0431. The Labute approximate surface area is 109 Å². The maximum absolute atomic E-state index is 11.0. The van der Waals surface area contributed by atoms with E-state index in [1.807, 2.05) is 24.3 Å². The van der Waals surface area contributed by atoms with Crippen molar-refractivity contribution in [3.05, 3.63) is 29.8 Å². The molecular formula is C13H21NO3S. The second-order valence-electron chi connectivity index (χ2n) is 4.66. The Kier molecular flexibility index (Phi) is 5.62. The van der Waals surface area contributed by atoms with Gasteiger partial charge < -0.3 is 10.1 Å². The lowest BCUT2D eigenvalue weighted by molar-refractivity contribution is 0.340. The van der Waals surface area contributed by atoms with Crippen molar-refractivity contribution in [2.75, 3.05) is 18.6 Å². The van der Waals surface area contributed by atoms with Gasteiger partial charge in [0.15, 0.2) is 9.84 Å². The highest BCUT2D eigenvalue weighted by molar-refractivity contribution is 7.90. The monoisotopic (exact) mass is 271 g/mol. The van der Waals surface area contributed by atoms with Gasteiger partial charge in [0.05, 0.1) is 5.75 Å². The summed E-state index contributed by atoms with van der Waals surface area (Å²) < 4.78 is 27.4. The van der Waals surface area contributed by atoms with E-state index in [9.17, 15) is 8.42 Å². The van der Waals surface area contributed by atoms with Gasteiger partial charge >= 0.3 is 0 Å². The van der Waals surface area contributed by atoms with Gasteiger partial charge in [-0.2, -0.15) is 0 Å². The van der Waals surface area contributed by atoms with E-state index in [0.717, 1.165) is 12.1 Å². The van der Waals surface area contributed by atoms with E-state index in [1.165, 1.54) is 6.26 Å². The summed E-state index contributed by atoms with van der Waals surface area (Å²) in [7, 11) is -2.96. The first-order valence-electron chi connectivity index (χ1n) is 5.99. The van der Waals surface area contributed by atoms with Crippen LogP contribution in [0.4, 0.5) is 0 Å². The second kappa shape index (κ2) is 6.75. The maximum Gasteiger partial charge on any atom is 0.150 e. The van der Waals surface area contributed by atoms with Crippen LogP contribution in [0.25, 0.3) is 0 Å². The third kappa shape index (κ3) is 6.61. The van der Waals surface area contributed by atoms with Crippen LogP contribution in [0, 0.1) is 0 Å². The van der Waals surface area contributed by atoms with E-state index >= 15 is 0 Å². The molecule has 0 saturated heterocycles. The molecule has 0 aliphatic rings. The number of ether oxygens (including phenoxy) is 1. The van der Waals surface area contributed by atoms with Gasteiger partial charge in [0.1, 0.15) is 12.4 Å². The van der Waals surface area contributed by atoms with E-state index in [-0.39, 0.29) is 12.4 Å². The predicted molar refractivity (Wildman–Crippen MR) is 73.6 cm³/mol. The zero-order valence-corrected chi connectivity index (χ0v) is 12.0. The highest BCUT2D eigenvalue weighted by atomic mass is 32.2. The molecule has 1 rings (SSSR count). The van der Waals surface area contributed by atoms with Crippen molar-refractivity contribution in [1.29, 1.82) is 0 Å². The van der Waals surface area contributed by atoms with Crippen LogP contribution in [0.5, 0.6) is 5.75 Å². The van der Waals surface area contributed by atoms with E-state index < -0.39 is 9.84 Å². The van der Waals surface area contributed by atoms with Crippen LogP contribution in [0.15, 0.2) is 24.3 Å². The van der Waals surface area contributed by atoms with Gasteiger partial charge in [-0.15, -0.1) is 0 Å². The smallest absolute Gasteiger partial charge is 0.150 e. The van der Waals surface area contributed by atoms with Gasteiger partial charge in [-0.05, 0) is 17.7 Å². The van der Waals surface area contributed by atoms with Gasteiger partial charge in [-0.3, -0.25) is 0 Å². The summed E-state index contributed by atoms with van der Waals surface area (Å²) in [4.78, 5) is 0. The zero-order chi connectivity index (χ0) is 13.6. The van der Waals surface area contributed by atoms with Crippen molar-refractivity contribution < 1.29 is 13.2 Å². The lowest BCUT2D eigenvalue weighted by Crippen LogP contribution is -2.21. The normalized spacial score (nSPS) is 11.8. The number of sulfone groups is 1. The van der Waals surface area contributed by atoms with Crippen LogP contribution >= 0.6 is 0 Å². The fourth-order valence-corrected chi connectivity index (χ4v) is 1.76. The summed E-state index contributed by atoms with van der Waals surface area (Å²) in [5.74, 6) is 0.753. The van der Waals surface area contributed by atoms with Crippen molar-refractivity contribution in [2.45, 2.75) is 26.4 Å². The standard InChI is InChI=1S/C13H21NO3S/c1-11(2)14-10-12-5-4-6-13(9-12)17-7-8-18(3,15)16/h4-6,9,11,14H,7-8,10H2,1-3H3. The molecule has 0 heterocycles. The van der Waals surface area contributed by atoms with Crippen LogP contribution in [-0.2, 0) is 16.4 Å². The van der Waals surface area contributed by atoms with Crippen LogP contribution in [0.3, 0.4) is 0 Å². The van der Waals surface area contributed by atoms with Crippen LogP contribution < -0.4 is 10.1 Å². The Hall–Kier alpha value is -1.07. The molecular weight excluding hydrogens is 250 g/mol. The number of nitrogens with one attached hydrogen (secondary N) is 1. The predicted octanol–water partition coefficient (Wildman–Crippen LogP) is 1.61. The van der Waals surface area contributed by atoms with Crippen LogP contribution in [0.1, 0.15) is 19.4 Å². The first-order chi connectivity index (χ1) is 8.37. The van der Waals surface area contributed by atoms with Crippen molar-refractivity contribution in [1.82, 2.24) is 5.32 Å². The molecule has 0 unspecified atom stereocenters. The Morgan fingerprint density at radius 2 is 2.06 bits per heavy atom. The zero-order valence-electron chi connectivity index (χ0n) is 11.1. The summed E-state index contributed by atoms with van der Waals surface area (Å²) in [6, 6.07) is 8.12. The van der Waals surface area contributed by atoms with Crippen molar-refractivity contribution in [3.63, 3.8) is 0 Å². The fourth-order valence-electron chi connectivity index (χ4n) is 1.38. The largest absolute Gasteiger partial charge is 0.493 e. The first kappa shape index (κ1) is 15.0. The van der Waals surface area contributed by atoms with Gasteiger partial charge in [-0.1, -0.05) is 26.0 Å². The third-order valence-electron chi connectivity index (χ3n) is 2.34. The Morgan fingerprint density at radius 3 is 2.67 bits per heavy atom. The highest BCUT2D eigenvalue weighted by Gasteiger charge is 2.03. The van der Waals surface area contributed by atoms with Crippen molar-refractivity contribution in [3.8, 4) is 5.75 Å². The molecule has 0 atom stereocenters. The minimum atomic E-state index is -2.96. The molecule has 18 heavy (non-hydrogen) atoms. The van der Waals surface area contributed by atoms with Crippen LogP contribution in [0.2, 0.25) is 0 Å². The lowest BCUT2D eigenvalue weighted by Gasteiger charge is -2.10. The van der Waals surface area contributed by atoms with Gasteiger partial charge in [-0.25, -0.2) is 8.42 Å². The molecule has 0 bridgehead atoms. The van der Waals surface area contributed by atoms with Crippen molar-refractivity contribution in [2.24, 2.45) is 0 Å². The van der Waals surface area contributed by atoms with Crippen molar-refractivity contribution >= 4 is 9.84 Å². The summed E-state index contributed by atoms with van der Waals surface area (Å²) in [5.41, 5.74) is 1.13. The number of rotatable bonds is 7. The molecule has 4 nitrogen and oxygen atoms in total. The first-order valence-corrected chi connectivity index (χ1v) is 8.06. The summed E-state index contributed by atoms with van der Waals surface area (Å²) in [5, 5.41) is 3.32. The van der Waals surface area contributed by atoms with Crippen LogP contribution in [-0.4, -0.2) is 33.1 Å². The van der Waals surface area contributed by atoms with E-state index in [4.69, 9.17) is 4.74 Å². The quantitative estimate of drug-likeness (QED) is 0.818. The average Bonchev–Trinajstić information content (AvgIpc) is 2.25. The molecule has 1 aromatic rings. The number of hydrogen-bond donors (Lipinski definition) is 1. The van der Waals surface area contributed by atoms with E-state index in [0.29, 0.717) is 11.8 Å². The highest BCUT2D eigenvalue weighted by Crippen LogP contribution is 2.13. The molecule has 0 spiro atoms. The lowest BCUT2D eigenvalue weighted by atomic mass is 10.2. The Bertz CT molecular complexity index is 469. The topological polar surface area (TPSA) is 55.4 Å². The molecule has 0 saturated carbocycles. The third-order valence-corrected chi connectivity index (χ3v) is 3.24. The molecule has 0 radical (unpaired) electrons. The summed E-state index contributed by atoms with van der Waals surface area (Å²) in [6.07, 6.45) is 1.21. The molecule has 0 fully saturated rings. The number of benzene rings is 1. The summed E-state index contributed by atoms with van der Waals surface area (Å²) >= 11 is 0. The molecule has 0 aromatic heterocycles. The fraction of sp³-hybridized carbons (Fsp3) is 0.538.